The Hall–Kier alpha value is -1.61. The molecule has 0 fully saturated rings. The predicted octanol–water partition coefficient (Wildman–Crippen LogP) is 3.63. The molecule has 0 saturated heterocycles. The molecule has 0 aliphatic rings. The molecule has 1 aromatic heterocycles. The first-order valence-electron chi connectivity index (χ1n) is 5.74. The summed E-state index contributed by atoms with van der Waals surface area (Å²) >= 11 is 5.69. The second kappa shape index (κ2) is 5.36. The Morgan fingerprint density at radius 1 is 1.06 bits per heavy atom. The first kappa shape index (κ1) is 12.8. The molecule has 94 valence electrons. The van der Waals surface area contributed by atoms with Gasteiger partial charge >= 0.3 is 0 Å². The minimum Gasteiger partial charge on any atom is -0.487 e. The fourth-order valence-electron chi connectivity index (χ4n) is 1.71. The highest BCUT2D eigenvalue weighted by molar-refractivity contribution is 6.29. The van der Waals surface area contributed by atoms with Crippen molar-refractivity contribution in [1.82, 2.24) is 9.97 Å². The smallest absolute Gasteiger partial charge is 0.147 e. The second-order valence-electron chi connectivity index (χ2n) is 4.27. The zero-order valence-electron chi connectivity index (χ0n) is 10.7. The van der Waals surface area contributed by atoms with Gasteiger partial charge in [0.2, 0.25) is 0 Å². The van der Waals surface area contributed by atoms with Gasteiger partial charge in [-0.1, -0.05) is 23.7 Å². The number of nitrogens with zero attached hydrogens (tertiary/aromatic N) is 2. The van der Waals surface area contributed by atoms with E-state index in [2.05, 4.69) is 35.9 Å². The van der Waals surface area contributed by atoms with Crippen molar-refractivity contribution >= 4 is 11.6 Å². The van der Waals surface area contributed by atoms with E-state index in [1.807, 2.05) is 6.92 Å². The molecular formula is C14H15ClN2O. The molecule has 3 nitrogen and oxygen atoms in total. The highest BCUT2D eigenvalue weighted by atomic mass is 35.5. The summed E-state index contributed by atoms with van der Waals surface area (Å²) in [4.78, 5) is 8.13. The lowest BCUT2D eigenvalue weighted by molar-refractivity contribution is 0.296. The van der Waals surface area contributed by atoms with E-state index in [0.717, 1.165) is 22.6 Å². The maximum absolute atomic E-state index is 5.83. The fraction of sp³-hybridized carbons (Fsp3) is 0.286. The summed E-state index contributed by atoms with van der Waals surface area (Å²) in [5.41, 5.74) is 4.27. The maximum Gasteiger partial charge on any atom is 0.147 e. The number of hydrogen-bond acceptors (Lipinski definition) is 3. The van der Waals surface area contributed by atoms with E-state index < -0.39 is 0 Å². The van der Waals surface area contributed by atoms with E-state index >= 15 is 0 Å². The zero-order chi connectivity index (χ0) is 13.1. The van der Waals surface area contributed by atoms with Gasteiger partial charge in [-0.25, -0.2) is 4.98 Å². The number of aromatic nitrogens is 2. The van der Waals surface area contributed by atoms with Crippen molar-refractivity contribution < 1.29 is 4.74 Å². The van der Waals surface area contributed by atoms with Crippen molar-refractivity contribution in [3.8, 4) is 5.75 Å². The molecule has 2 aromatic rings. The van der Waals surface area contributed by atoms with Crippen molar-refractivity contribution in [2.24, 2.45) is 0 Å². The summed E-state index contributed by atoms with van der Waals surface area (Å²) in [5.74, 6) is 0.923. The quantitative estimate of drug-likeness (QED) is 0.847. The number of aryl methyl sites for hydroxylation is 2. The largest absolute Gasteiger partial charge is 0.487 e. The van der Waals surface area contributed by atoms with Crippen LogP contribution in [-0.4, -0.2) is 9.97 Å². The highest BCUT2D eigenvalue weighted by Gasteiger charge is 2.07. The van der Waals surface area contributed by atoms with E-state index in [4.69, 9.17) is 16.3 Å². The normalized spacial score (nSPS) is 10.4. The molecule has 0 radical (unpaired) electrons. The molecule has 1 heterocycles. The first-order valence-corrected chi connectivity index (χ1v) is 6.11. The summed E-state index contributed by atoms with van der Waals surface area (Å²) in [7, 11) is 0. The third-order valence-electron chi connectivity index (χ3n) is 2.91. The van der Waals surface area contributed by atoms with Crippen LogP contribution in [0.3, 0.4) is 0 Å². The van der Waals surface area contributed by atoms with Gasteiger partial charge in [0.1, 0.15) is 17.5 Å². The number of benzene rings is 1. The molecule has 0 aliphatic carbocycles. The zero-order valence-corrected chi connectivity index (χ0v) is 11.5. The van der Waals surface area contributed by atoms with Crippen molar-refractivity contribution in [3.63, 3.8) is 0 Å². The molecule has 0 bridgehead atoms. The molecule has 2 rings (SSSR count). The van der Waals surface area contributed by atoms with Crippen LogP contribution in [0.5, 0.6) is 5.75 Å². The molecule has 0 atom stereocenters. The van der Waals surface area contributed by atoms with Gasteiger partial charge in [-0.05, 0) is 37.5 Å². The van der Waals surface area contributed by atoms with Gasteiger partial charge in [-0.15, -0.1) is 0 Å². The molecule has 0 spiro atoms. The number of ether oxygens (including phenoxy) is 1. The van der Waals surface area contributed by atoms with E-state index in [-0.39, 0.29) is 0 Å². The number of halogens is 1. The van der Waals surface area contributed by atoms with Crippen LogP contribution in [0.25, 0.3) is 0 Å². The standard InChI is InChI=1S/C14H15ClN2O/c1-9-4-5-10(2)14(11(9)3)18-8-12-6-17-13(15)7-16-12/h4-7H,8H2,1-3H3. The summed E-state index contributed by atoms with van der Waals surface area (Å²) in [5, 5.41) is 0.390. The van der Waals surface area contributed by atoms with Crippen molar-refractivity contribution in [2.75, 3.05) is 0 Å². The number of rotatable bonds is 3. The van der Waals surface area contributed by atoms with Crippen LogP contribution >= 0.6 is 11.6 Å². The minimum absolute atomic E-state index is 0.390. The van der Waals surface area contributed by atoms with Crippen LogP contribution in [0, 0.1) is 20.8 Å². The van der Waals surface area contributed by atoms with Crippen molar-refractivity contribution in [2.45, 2.75) is 27.4 Å². The molecule has 1 aromatic carbocycles. The van der Waals surface area contributed by atoms with Gasteiger partial charge in [-0.2, -0.15) is 0 Å². The van der Waals surface area contributed by atoms with Crippen LogP contribution in [0.1, 0.15) is 22.4 Å². The van der Waals surface area contributed by atoms with Crippen molar-refractivity contribution in [1.29, 1.82) is 0 Å². The Morgan fingerprint density at radius 2 is 1.78 bits per heavy atom. The van der Waals surface area contributed by atoms with E-state index in [1.165, 1.54) is 11.8 Å². The molecule has 18 heavy (non-hydrogen) atoms. The van der Waals surface area contributed by atoms with Gasteiger partial charge in [0.25, 0.3) is 0 Å². The van der Waals surface area contributed by atoms with Crippen LogP contribution in [0.2, 0.25) is 5.15 Å². The van der Waals surface area contributed by atoms with Gasteiger partial charge in [0, 0.05) is 0 Å². The SMILES string of the molecule is Cc1ccc(C)c(OCc2cnc(Cl)cn2)c1C. The van der Waals surface area contributed by atoms with Gasteiger partial charge in [-0.3, -0.25) is 4.98 Å². The summed E-state index contributed by atoms with van der Waals surface area (Å²) < 4.78 is 5.83. The Kier molecular flexibility index (Phi) is 3.82. The fourth-order valence-corrected chi connectivity index (χ4v) is 1.80. The Bertz CT molecular complexity index is 552. The van der Waals surface area contributed by atoms with Crippen LogP contribution in [-0.2, 0) is 6.61 Å². The second-order valence-corrected chi connectivity index (χ2v) is 4.66. The molecule has 0 aliphatic heterocycles. The maximum atomic E-state index is 5.83. The lowest BCUT2D eigenvalue weighted by Gasteiger charge is -2.13. The molecule has 0 unspecified atom stereocenters. The Balaban J connectivity index is 2.15. The van der Waals surface area contributed by atoms with Gasteiger partial charge in [0.15, 0.2) is 0 Å². The highest BCUT2D eigenvalue weighted by Crippen LogP contribution is 2.26. The van der Waals surface area contributed by atoms with Gasteiger partial charge in [0.05, 0.1) is 18.1 Å². The average Bonchev–Trinajstić information content (AvgIpc) is 2.36. The van der Waals surface area contributed by atoms with E-state index in [9.17, 15) is 0 Å². The topological polar surface area (TPSA) is 35.0 Å². The lowest BCUT2D eigenvalue weighted by Crippen LogP contribution is -2.02. The molecule has 4 heteroatoms. The first-order chi connectivity index (χ1) is 8.58. The summed E-state index contributed by atoms with van der Waals surface area (Å²) in [6.45, 7) is 6.57. The van der Waals surface area contributed by atoms with Crippen LogP contribution < -0.4 is 4.74 Å². The molecule has 0 N–H and O–H groups in total. The molecule has 0 saturated carbocycles. The minimum atomic E-state index is 0.390. The average molecular weight is 263 g/mol. The van der Waals surface area contributed by atoms with Gasteiger partial charge < -0.3 is 4.74 Å². The van der Waals surface area contributed by atoms with E-state index in [1.54, 1.807) is 6.20 Å². The third kappa shape index (κ3) is 2.79. The lowest BCUT2D eigenvalue weighted by atomic mass is 10.1. The van der Waals surface area contributed by atoms with Crippen molar-refractivity contribution in [3.05, 3.63) is 52.1 Å². The predicted molar refractivity (Wildman–Crippen MR) is 72.0 cm³/mol. The molecular weight excluding hydrogens is 248 g/mol. The van der Waals surface area contributed by atoms with Crippen LogP contribution in [0.4, 0.5) is 0 Å². The van der Waals surface area contributed by atoms with Crippen LogP contribution in [0.15, 0.2) is 24.5 Å². The molecule has 0 amide bonds. The Morgan fingerprint density at radius 3 is 2.44 bits per heavy atom. The third-order valence-corrected chi connectivity index (χ3v) is 3.11. The van der Waals surface area contributed by atoms with E-state index in [0.29, 0.717) is 11.8 Å². The monoisotopic (exact) mass is 262 g/mol. The number of hydrogen-bond donors (Lipinski definition) is 0. The summed E-state index contributed by atoms with van der Waals surface area (Å²) in [6.07, 6.45) is 3.15. The summed E-state index contributed by atoms with van der Waals surface area (Å²) in [6, 6.07) is 4.16. The Labute approximate surface area is 112 Å².